The van der Waals surface area contributed by atoms with E-state index in [1.165, 1.54) is 0 Å². The summed E-state index contributed by atoms with van der Waals surface area (Å²) in [6.45, 7) is 5.33. The fourth-order valence-corrected chi connectivity index (χ4v) is 3.55. The highest BCUT2D eigenvalue weighted by Gasteiger charge is 2.38. The van der Waals surface area contributed by atoms with Crippen molar-refractivity contribution in [2.75, 3.05) is 7.11 Å². The Hall–Kier alpha value is -2.61. The second-order valence-corrected chi connectivity index (χ2v) is 8.95. The highest BCUT2D eigenvalue weighted by atomic mass is 16.6. The quantitative estimate of drug-likeness (QED) is 0.329. The maximum atomic E-state index is 12.9. The Morgan fingerprint density at radius 2 is 1.71 bits per heavy atom. The molecule has 0 bridgehead atoms. The van der Waals surface area contributed by atoms with E-state index in [9.17, 15) is 14.4 Å². The van der Waals surface area contributed by atoms with Crippen LogP contribution in [0.15, 0.2) is 24.3 Å². The van der Waals surface area contributed by atoms with E-state index in [0.29, 0.717) is 5.75 Å². The first-order chi connectivity index (χ1) is 14.6. The van der Waals surface area contributed by atoms with Gasteiger partial charge in [-0.15, -0.1) is 0 Å². The lowest BCUT2D eigenvalue weighted by Crippen LogP contribution is -2.56. The summed E-state index contributed by atoms with van der Waals surface area (Å²) in [6.07, 6.45) is 3.50. The van der Waals surface area contributed by atoms with Crippen molar-refractivity contribution in [2.24, 2.45) is 17.6 Å². The zero-order valence-corrected chi connectivity index (χ0v) is 18.9. The van der Waals surface area contributed by atoms with Crippen molar-refractivity contribution >= 4 is 17.8 Å². The fraction of sp³-hybridized carbons (Fsp3) is 0.609. The van der Waals surface area contributed by atoms with E-state index in [1.54, 1.807) is 40.0 Å². The summed E-state index contributed by atoms with van der Waals surface area (Å²) in [5.41, 5.74) is 6.18. The Labute approximate surface area is 184 Å². The molecule has 1 unspecified atom stereocenters. The smallest absolute Gasteiger partial charge is 0.322 e. The molecule has 0 spiro atoms. The standard InChI is InChI=1S/C23H35N3O5/c1-23(2,3)31-22(29)18(19(24)26-20(27)16-8-6-5-7-9-16)21(28)25-14-15-10-12-17(30-4)13-11-15/h10-13,16,18-19H,5-9,14,24H2,1-4H3,(H,25,28)(H,26,27)/t18-,19?/m0/s1. The van der Waals surface area contributed by atoms with Gasteiger partial charge in [-0.05, 0) is 51.3 Å². The van der Waals surface area contributed by atoms with Crippen molar-refractivity contribution in [1.29, 1.82) is 0 Å². The molecular weight excluding hydrogens is 398 g/mol. The van der Waals surface area contributed by atoms with E-state index in [-0.39, 0.29) is 18.4 Å². The van der Waals surface area contributed by atoms with Crippen LogP contribution >= 0.6 is 0 Å². The maximum absolute atomic E-state index is 12.9. The van der Waals surface area contributed by atoms with Crippen LogP contribution in [0.3, 0.4) is 0 Å². The van der Waals surface area contributed by atoms with Crippen molar-refractivity contribution in [3.05, 3.63) is 29.8 Å². The minimum absolute atomic E-state index is 0.138. The van der Waals surface area contributed by atoms with Gasteiger partial charge in [-0.3, -0.25) is 14.4 Å². The lowest BCUT2D eigenvalue weighted by Gasteiger charge is -2.28. The Kier molecular flexibility index (Phi) is 8.86. The van der Waals surface area contributed by atoms with Gasteiger partial charge in [0.05, 0.1) is 13.3 Å². The summed E-state index contributed by atoms with van der Waals surface area (Å²) < 4.78 is 10.5. The molecule has 0 saturated heterocycles. The molecule has 31 heavy (non-hydrogen) atoms. The molecule has 1 saturated carbocycles. The van der Waals surface area contributed by atoms with Crippen molar-refractivity contribution < 1.29 is 23.9 Å². The van der Waals surface area contributed by atoms with E-state index in [4.69, 9.17) is 15.2 Å². The molecule has 0 aromatic heterocycles. The van der Waals surface area contributed by atoms with Crippen LogP contribution in [-0.2, 0) is 25.7 Å². The number of hydrogen-bond donors (Lipinski definition) is 3. The monoisotopic (exact) mass is 433 g/mol. The zero-order valence-electron chi connectivity index (χ0n) is 18.9. The number of rotatable bonds is 8. The van der Waals surface area contributed by atoms with Crippen LogP contribution in [0.1, 0.15) is 58.4 Å². The first-order valence-electron chi connectivity index (χ1n) is 10.8. The van der Waals surface area contributed by atoms with E-state index in [0.717, 1.165) is 37.7 Å². The van der Waals surface area contributed by atoms with E-state index in [2.05, 4.69) is 10.6 Å². The normalized spacial score (nSPS) is 16.7. The molecule has 2 atom stereocenters. The number of benzene rings is 1. The van der Waals surface area contributed by atoms with E-state index in [1.807, 2.05) is 12.1 Å². The third-order valence-corrected chi connectivity index (χ3v) is 5.21. The minimum atomic E-state index is -1.36. The molecule has 4 N–H and O–H groups in total. The van der Waals surface area contributed by atoms with Gasteiger partial charge in [0.25, 0.3) is 0 Å². The van der Waals surface area contributed by atoms with E-state index >= 15 is 0 Å². The number of nitrogens with two attached hydrogens (primary N) is 1. The summed E-state index contributed by atoms with van der Waals surface area (Å²) >= 11 is 0. The van der Waals surface area contributed by atoms with Gasteiger partial charge in [-0.1, -0.05) is 31.4 Å². The predicted octanol–water partition coefficient (Wildman–Crippen LogP) is 2.25. The number of methoxy groups -OCH3 is 1. The van der Waals surface area contributed by atoms with E-state index < -0.39 is 29.6 Å². The van der Waals surface area contributed by atoms with Crippen molar-refractivity contribution in [1.82, 2.24) is 10.6 Å². The third kappa shape index (κ3) is 7.86. The second-order valence-electron chi connectivity index (χ2n) is 8.95. The highest BCUT2D eigenvalue weighted by molar-refractivity contribution is 5.99. The van der Waals surface area contributed by atoms with Crippen LogP contribution < -0.4 is 21.1 Å². The van der Waals surface area contributed by atoms with Gasteiger partial charge in [0.15, 0.2) is 5.92 Å². The molecule has 1 aliphatic carbocycles. The van der Waals surface area contributed by atoms with Gasteiger partial charge in [-0.2, -0.15) is 0 Å². The number of esters is 1. The molecule has 1 aromatic carbocycles. The molecular formula is C23H35N3O5. The summed E-state index contributed by atoms with van der Waals surface area (Å²) in [4.78, 5) is 38.3. The van der Waals surface area contributed by atoms with Crippen LogP contribution in [0.4, 0.5) is 0 Å². The summed E-state index contributed by atoms with van der Waals surface area (Å²) in [5.74, 6) is -2.37. The minimum Gasteiger partial charge on any atom is -0.497 e. The Morgan fingerprint density at radius 3 is 2.26 bits per heavy atom. The molecule has 1 aliphatic rings. The van der Waals surface area contributed by atoms with Crippen LogP contribution in [0, 0.1) is 11.8 Å². The fourth-order valence-electron chi connectivity index (χ4n) is 3.55. The largest absolute Gasteiger partial charge is 0.497 e. The number of hydrogen-bond acceptors (Lipinski definition) is 6. The summed E-state index contributed by atoms with van der Waals surface area (Å²) in [6, 6.07) is 7.19. The second kappa shape index (κ2) is 11.1. The van der Waals surface area contributed by atoms with Gasteiger partial charge in [0.2, 0.25) is 11.8 Å². The molecule has 8 heteroatoms. The predicted molar refractivity (Wildman–Crippen MR) is 117 cm³/mol. The van der Waals surface area contributed by atoms with Crippen LogP contribution in [0.5, 0.6) is 5.75 Å². The van der Waals surface area contributed by atoms with Crippen LogP contribution in [-0.4, -0.2) is 36.7 Å². The van der Waals surface area contributed by atoms with Gasteiger partial charge in [-0.25, -0.2) is 0 Å². The van der Waals surface area contributed by atoms with Crippen molar-refractivity contribution in [2.45, 2.75) is 71.2 Å². The first-order valence-corrected chi connectivity index (χ1v) is 10.8. The Balaban J connectivity index is 2.07. The molecule has 1 fully saturated rings. The van der Waals surface area contributed by atoms with Crippen molar-refractivity contribution in [3.8, 4) is 5.75 Å². The number of ether oxygens (including phenoxy) is 2. The molecule has 8 nitrogen and oxygen atoms in total. The average molecular weight is 434 g/mol. The number of nitrogens with one attached hydrogen (secondary N) is 2. The highest BCUT2D eigenvalue weighted by Crippen LogP contribution is 2.24. The Bertz CT molecular complexity index is 751. The zero-order chi connectivity index (χ0) is 23.0. The number of carbonyl (C=O) groups is 3. The number of amides is 2. The molecule has 172 valence electrons. The van der Waals surface area contributed by atoms with Gasteiger partial charge in [0.1, 0.15) is 11.4 Å². The average Bonchev–Trinajstić information content (AvgIpc) is 2.72. The third-order valence-electron chi connectivity index (χ3n) is 5.21. The van der Waals surface area contributed by atoms with Crippen LogP contribution in [0.2, 0.25) is 0 Å². The first kappa shape index (κ1) is 24.7. The lowest BCUT2D eigenvalue weighted by molar-refractivity contribution is -0.163. The lowest BCUT2D eigenvalue weighted by atomic mass is 9.88. The summed E-state index contributed by atoms with van der Waals surface area (Å²) in [7, 11) is 1.57. The Morgan fingerprint density at radius 1 is 1.10 bits per heavy atom. The topological polar surface area (TPSA) is 120 Å². The summed E-state index contributed by atoms with van der Waals surface area (Å²) in [5, 5.41) is 5.40. The molecule has 0 aliphatic heterocycles. The maximum Gasteiger partial charge on any atom is 0.322 e. The number of carbonyl (C=O) groups excluding carboxylic acids is 3. The molecule has 1 aromatic rings. The molecule has 0 heterocycles. The van der Waals surface area contributed by atoms with Gasteiger partial charge < -0.3 is 25.8 Å². The molecule has 2 amide bonds. The molecule has 2 rings (SSSR count). The molecule has 0 radical (unpaired) electrons. The van der Waals surface area contributed by atoms with Crippen LogP contribution in [0.25, 0.3) is 0 Å². The van der Waals surface area contributed by atoms with Gasteiger partial charge >= 0.3 is 5.97 Å². The van der Waals surface area contributed by atoms with Gasteiger partial charge in [0, 0.05) is 12.5 Å². The van der Waals surface area contributed by atoms with Crippen molar-refractivity contribution in [3.63, 3.8) is 0 Å². The SMILES string of the molecule is COc1ccc(CNC(=O)[C@@H](C(=O)OC(C)(C)C)C(N)NC(=O)C2CCCCC2)cc1.